The van der Waals surface area contributed by atoms with Crippen molar-refractivity contribution in [3.63, 3.8) is 0 Å². The maximum Gasteiger partial charge on any atom is 0.252 e. The molecule has 0 spiro atoms. The van der Waals surface area contributed by atoms with Gasteiger partial charge in [-0.3, -0.25) is 9.69 Å². The van der Waals surface area contributed by atoms with Gasteiger partial charge in [0.15, 0.2) is 5.82 Å². The summed E-state index contributed by atoms with van der Waals surface area (Å²) in [5.41, 5.74) is 1.35. The van der Waals surface area contributed by atoms with Crippen molar-refractivity contribution in [2.75, 3.05) is 19.8 Å². The number of nitrogens with zero attached hydrogens (tertiary/aromatic N) is 5. The lowest BCUT2D eigenvalue weighted by molar-refractivity contribution is 0.150. The maximum atomic E-state index is 12.9. The molecule has 1 aromatic carbocycles. The Hall–Kier alpha value is -2.78. The van der Waals surface area contributed by atoms with E-state index in [2.05, 4.69) is 32.3 Å². The van der Waals surface area contributed by atoms with E-state index in [1.54, 1.807) is 0 Å². The number of fused-ring (bicyclic) bond motifs is 1. The van der Waals surface area contributed by atoms with Gasteiger partial charge < -0.3 is 14.8 Å². The number of H-pyrrole nitrogens is 1. The lowest BCUT2D eigenvalue weighted by Crippen LogP contribution is -2.34. The Morgan fingerprint density at radius 2 is 2.09 bits per heavy atom. The fraction of sp³-hybridized carbons (Fsp3) is 0.583. The van der Waals surface area contributed by atoms with Crippen LogP contribution in [0.5, 0.6) is 5.75 Å². The summed E-state index contributed by atoms with van der Waals surface area (Å²) in [7, 11) is 0. The number of aromatic nitrogens is 5. The van der Waals surface area contributed by atoms with Crippen molar-refractivity contribution in [3.8, 4) is 5.75 Å². The van der Waals surface area contributed by atoms with Gasteiger partial charge in [-0.05, 0) is 67.3 Å². The molecule has 2 aromatic heterocycles. The van der Waals surface area contributed by atoms with Crippen LogP contribution in [0.15, 0.2) is 29.1 Å². The summed E-state index contributed by atoms with van der Waals surface area (Å²) >= 11 is 0. The predicted octanol–water partition coefficient (Wildman–Crippen LogP) is 3.36. The Balaban J connectivity index is 1.66. The van der Waals surface area contributed by atoms with Crippen molar-refractivity contribution in [2.24, 2.45) is 0 Å². The molecule has 2 heterocycles. The molecule has 1 fully saturated rings. The normalized spacial score (nSPS) is 15.5. The minimum Gasteiger partial charge on any atom is -0.494 e. The van der Waals surface area contributed by atoms with Crippen LogP contribution in [-0.4, -0.2) is 55.0 Å². The number of nitrogens with one attached hydrogen (secondary N) is 1. The van der Waals surface area contributed by atoms with E-state index in [9.17, 15) is 9.90 Å². The average molecular weight is 455 g/mol. The Bertz CT molecular complexity index is 1110. The van der Waals surface area contributed by atoms with Crippen molar-refractivity contribution >= 4 is 10.9 Å². The number of aromatic amines is 1. The molecule has 178 valence electrons. The molecule has 0 unspecified atom stereocenters. The van der Waals surface area contributed by atoms with Gasteiger partial charge in [0.25, 0.3) is 5.56 Å². The van der Waals surface area contributed by atoms with Gasteiger partial charge in [-0.2, -0.15) is 0 Å². The standard InChI is InChI=1S/C24H34N6O3/c1-3-22(23-26-27-28-30(23)19-8-5-6-9-19)29(12-7-13-31)16-18-14-17-15-20(33-4-2)10-11-21(17)25-24(18)32/h10-11,14-15,19,22,31H,3-9,12-13,16H2,1-2H3,(H,25,32)/t22-/m0/s1. The van der Waals surface area contributed by atoms with E-state index >= 15 is 0 Å². The van der Waals surface area contributed by atoms with Crippen LogP contribution >= 0.6 is 0 Å². The molecule has 3 aromatic rings. The van der Waals surface area contributed by atoms with Gasteiger partial charge in [-0.25, -0.2) is 4.68 Å². The fourth-order valence-corrected chi connectivity index (χ4v) is 4.87. The number of aliphatic hydroxyl groups excluding tert-OH is 1. The summed E-state index contributed by atoms with van der Waals surface area (Å²) < 4.78 is 7.62. The summed E-state index contributed by atoms with van der Waals surface area (Å²) in [6.45, 7) is 5.83. The second-order valence-electron chi connectivity index (χ2n) is 8.70. The molecule has 1 saturated carbocycles. The highest BCUT2D eigenvalue weighted by atomic mass is 16.5. The smallest absolute Gasteiger partial charge is 0.252 e. The molecule has 33 heavy (non-hydrogen) atoms. The third-order valence-electron chi connectivity index (χ3n) is 6.49. The van der Waals surface area contributed by atoms with Gasteiger partial charge >= 0.3 is 0 Å². The van der Waals surface area contributed by atoms with Gasteiger partial charge in [0, 0.05) is 36.2 Å². The van der Waals surface area contributed by atoms with Gasteiger partial charge in [-0.1, -0.05) is 19.8 Å². The number of hydrogen-bond donors (Lipinski definition) is 2. The molecular weight excluding hydrogens is 420 g/mol. The highest BCUT2D eigenvalue weighted by Crippen LogP contribution is 2.33. The van der Waals surface area contributed by atoms with Crippen LogP contribution in [0.2, 0.25) is 0 Å². The minimum absolute atomic E-state index is 0.0444. The zero-order chi connectivity index (χ0) is 23.2. The first-order valence-electron chi connectivity index (χ1n) is 12.1. The highest BCUT2D eigenvalue weighted by Gasteiger charge is 2.29. The topological polar surface area (TPSA) is 109 Å². The Labute approximate surface area is 193 Å². The van der Waals surface area contributed by atoms with Crippen molar-refractivity contribution in [3.05, 3.63) is 46.0 Å². The lowest BCUT2D eigenvalue weighted by atomic mass is 10.1. The van der Waals surface area contributed by atoms with Crippen LogP contribution in [0.1, 0.15) is 75.8 Å². The van der Waals surface area contributed by atoms with Gasteiger partial charge in [0.05, 0.1) is 18.7 Å². The van der Waals surface area contributed by atoms with Gasteiger partial charge in [-0.15, -0.1) is 5.10 Å². The van der Waals surface area contributed by atoms with E-state index in [4.69, 9.17) is 4.74 Å². The molecule has 9 heteroatoms. The third-order valence-corrected chi connectivity index (χ3v) is 6.49. The molecule has 0 aliphatic heterocycles. The van der Waals surface area contributed by atoms with Crippen LogP contribution in [0.25, 0.3) is 10.9 Å². The van der Waals surface area contributed by atoms with Crippen LogP contribution in [0, 0.1) is 0 Å². The molecule has 2 N–H and O–H groups in total. The zero-order valence-corrected chi connectivity index (χ0v) is 19.5. The van der Waals surface area contributed by atoms with Gasteiger partial charge in [0.2, 0.25) is 0 Å². The van der Waals surface area contributed by atoms with E-state index in [0.29, 0.717) is 37.7 Å². The third kappa shape index (κ3) is 5.25. The van der Waals surface area contributed by atoms with Crippen LogP contribution < -0.4 is 10.3 Å². The monoisotopic (exact) mass is 454 g/mol. The molecule has 0 saturated heterocycles. The van der Waals surface area contributed by atoms with Crippen molar-refractivity contribution in [1.29, 1.82) is 0 Å². The maximum absolute atomic E-state index is 12.9. The molecule has 1 atom stereocenters. The number of rotatable bonds is 11. The molecule has 4 rings (SSSR count). The van der Waals surface area contributed by atoms with E-state index < -0.39 is 0 Å². The van der Waals surface area contributed by atoms with Crippen LogP contribution in [0.4, 0.5) is 0 Å². The molecule has 0 bridgehead atoms. The van der Waals surface area contributed by atoms with E-state index in [1.165, 1.54) is 12.8 Å². The molecule has 1 aliphatic carbocycles. The minimum atomic E-state index is -0.106. The van der Waals surface area contributed by atoms with E-state index in [0.717, 1.165) is 41.7 Å². The summed E-state index contributed by atoms with van der Waals surface area (Å²) in [5, 5.41) is 23.2. The van der Waals surface area contributed by atoms with E-state index in [1.807, 2.05) is 35.9 Å². The zero-order valence-electron chi connectivity index (χ0n) is 19.5. The molecule has 0 radical (unpaired) electrons. The van der Waals surface area contributed by atoms with Crippen molar-refractivity contribution in [1.82, 2.24) is 30.1 Å². The summed E-state index contributed by atoms with van der Waals surface area (Å²) in [6, 6.07) is 7.93. The summed E-state index contributed by atoms with van der Waals surface area (Å²) in [6.07, 6.45) is 6.01. The lowest BCUT2D eigenvalue weighted by Gasteiger charge is -2.30. The fourth-order valence-electron chi connectivity index (χ4n) is 4.87. The number of pyridine rings is 1. The number of aliphatic hydroxyl groups is 1. The first-order valence-corrected chi connectivity index (χ1v) is 12.1. The molecule has 1 aliphatic rings. The van der Waals surface area contributed by atoms with Gasteiger partial charge in [0.1, 0.15) is 5.75 Å². The van der Waals surface area contributed by atoms with Crippen LogP contribution in [-0.2, 0) is 6.54 Å². The summed E-state index contributed by atoms with van der Waals surface area (Å²) in [4.78, 5) is 18.1. The number of hydrogen-bond acceptors (Lipinski definition) is 7. The number of ether oxygens (including phenoxy) is 1. The largest absolute Gasteiger partial charge is 0.494 e. The number of benzene rings is 1. The Kier molecular flexibility index (Phi) is 7.72. The second-order valence-corrected chi connectivity index (χ2v) is 8.70. The highest BCUT2D eigenvalue weighted by molar-refractivity contribution is 5.80. The number of tetrazole rings is 1. The Morgan fingerprint density at radius 3 is 2.82 bits per heavy atom. The molecule has 0 amide bonds. The van der Waals surface area contributed by atoms with Crippen LogP contribution in [0.3, 0.4) is 0 Å². The van der Waals surface area contributed by atoms with Crippen molar-refractivity contribution in [2.45, 2.75) is 71.0 Å². The predicted molar refractivity (Wildman–Crippen MR) is 126 cm³/mol. The molecular formula is C24H34N6O3. The van der Waals surface area contributed by atoms with Crippen molar-refractivity contribution < 1.29 is 9.84 Å². The second kappa shape index (κ2) is 10.9. The quantitative estimate of drug-likeness (QED) is 0.457. The SMILES string of the molecule is CCOc1ccc2[nH]c(=O)c(CN(CCCO)[C@@H](CC)c3nnnn3C3CCCC3)cc2c1. The Morgan fingerprint density at radius 1 is 1.27 bits per heavy atom. The first-order chi connectivity index (χ1) is 16.1. The summed E-state index contributed by atoms with van der Waals surface area (Å²) in [5.74, 6) is 1.63. The first kappa shape index (κ1) is 23.4. The van der Waals surface area contributed by atoms with E-state index in [-0.39, 0.29) is 18.2 Å². The average Bonchev–Trinajstić information content (AvgIpc) is 3.51. The molecule has 9 nitrogen and oxygen atoms in total.